The summed E-state index contributed by atoms with van der Waals surface area (Å²) in [6.07, 6.45) is -4.50. The van der Waals surface area contributed by atoms with Crippen LogP contribution in [0.5, 0.6) is 0 Å². The van der Waals surface area contributed by atoms with E-state index in [0.29, 0.717) is 6.54 Å². The third kappa shape index (κ3) is 4.63. The minimum absolute atomic E-state index is 0.0412. The molecule has 7 heteroatoms. The average molecular weight is 343 g/mol. The van der Waals surface area contributed by atoms with Gasteiger partial charge in [-0.3, -0.25) is 0 Å². The number of hydrogen-bond acceptors (Lipinski definition) is 1. The van der Waals surface area contributed by atoms with Gasteiger partial charge in [0.2, 0.25) is 0 Å². The lowest BCUT2D eigenvalue weighted by molar-refractivity contribution is -0.137. The maximum atomic E-state index is 12.7. The van der Waals surface area contributed by atoms with E-state index < -0.39 is 17.8 Å². The Morgan fingerprint density at radius 3 is 2.43 bits per heavy atom. The van der Waals surface area contributed by atoms with Gasteiger partial charge >= 0.3 is 12.2 Å². The van der Waals surface area contributed by atoms with Gasteiger partial charge in [-0.15, -0.1) is 0 Å². The zero-order chi connectivity index (χ0) is 17.0. The molecule has 2 amide bonds. The third-order valence-corrected chi connectivity index (χ3v) is 3.47. The van der Waals surface area contributed by atoms with Crippen LogP contribution in [0.1, 0.15) is 11.1 Å². The van der Waals surface area contributed by atoms with E-state index in [2.05, 4.69) is 5.32 Å². The predicted molar refractivity (Wildman–Crippen MR) is 83.4 cm³/mol. The maximum Gasteiger partial charge on any atom is 0.416 e. The molecule has 2 aromatic carbocycles. The number of halogens is 4. The standard InChI is InChI=1S/C16H14ClF3N2O/c1-22(10-11-5-3-2-4-6-11)15(23)21-14-9-12(16(18,19)20)7-8-13(14)17/h2-9H,10H2,1H3,(H,21,23). The number of amides is 2. The quantitative estimate of drug-likeness (QED) is 0.834. The van der Waals surface area contributed by atoms with Crippen molar-refractivity contribution in [1.82, 2.24) is 4.90 Å². The van der Waals surface area contributed by atoms with Crippen LogP contribution in [0.4, 0.5) is 23.7 Å². The van der Waals surface area contributed by atoms with Crippen LogP contribution in [0.2, 0.25) is 5.02 Å². The van der Waals surface area contributed by atoms with Gasteiger partial charge in [-0.2, -0.15) is 13.2 Å². The second kappa shape index (κ2) is 6.91. The second-order valence-electron chi connectivity index (χ2n) is 4.96. The van der Waals surface area contributed by atoms with Crippen molar-refractivity contribution >= 4 is 23.3 Å². The van der Waals surface area contributed by atoms with E-state index in [9.17, 15) is 18.0 Å². The Morgan fingerprint density at radius 2 is 1.83 bits per heavy atom. The molecular formula is C16H14ClF3N2O. The minimum Gasteiger partial charge on any atom is -0.323 e. The van der Waals surface area contributed by atoms with Gasteiger partial charge in [-0.1, -0.05) is 41.9 Å². The highest BCUT2D eigenvalue weighted by atomic mass is 35.5. The van der Waals surface area contributed by atoms with E-state index >= 15 is 0 Å². The first-order chi connectivity index (χ1) is 10.8. The number of carbonyl (C=O) groups is 1. The molecule has 0 unspecified atom stereocenters. The minimum atomic E-state index is -4.50. The molecular weight excluding hydrogens is 329 g/mol. The van der Waals surface area contributed by atoms with E-state index in [4.69, 9.17) is 11.6 Å². The van der Waals surface area contributed by atoms with Crippen LogP contribution in [0.3, 0.4) is 0 Å². The van der Waals surface area contributed by atoms with E-state index in [1.54, 1.807) is 7.05 Å². The van der Waals surface area contributed by atoms with E-state index in [1.165, 1.54) is 4.90 Å². The molecule has 0 aromatic heterocycles. The molecule has 23 heavy (non-hydrogen) atoms. The largest absolute Gasteiger partial charge is 0.416 e. The van der Waals surface area contributed by atoms with Crippen LogP contribution in [0.25, 0.3) is 0 Å². The number of carbonyl (C=O) groups excluding carboxylic acids is 1. The summed E-state index contributed by atoms with van der Waals surface area (Å²) >= 11 is 5.85. The Hall–Kier alpha value is -2.21. The first-order valence-electron chi connectivity index (χ1n) is 6.70. The number of hydrogen-bond donors (Lipinski definition) is 1. The van der Waals surface area contributed by atoms with Crippen LogP contribution < -0.4 is 5.32 Å². The molecule has 2 aromatic rings. The molecule has 1 N–H and O–H groups in total. The molecule has 2 rings (SSSR count). The number of benzene rings is 2. The molecule has 0 spiro atoms. The highest BCUT2D eigenvalue weighted by Gasteiger charge is 2.31. The van der Waals surface area contributed by atoms with Crippen LogP contribution in [0.15, 0.2) is 48.5 Å². The fourth-order valence-electron chi connectivity index (χ4n) is 1.94. The Morgan fingerprint density at radius 1 is 1.17 bits per heavy atom. The first-order valence-corrected chi connectivity index (χ1v) is 7.08. The summed E-state index contributed by atoms with van der Waals surface area (Å²) in [6.45, 7) is 0.323. The number of urea groups is 1. The third-order valence-electron chi connectivity index (χ3n) is 3.14. The predicted octanol–water partition coefficient (Wildman–Crippen LogP) is 5.02. The number of nitrogens with one attached hydrogen (secondary N) is 1. The zero-order valence-electron chi connectivity index (χ0n) is 12.2. The van der Waals surface area contributed by atoms with Crippen molar-refractivity contribution in [2.45, 2.75) is 12.7 Å². The summed E-state index contributed by atoms with van der Waals surface area (Å²) in [5.74, 6) is 0. The van der Waals surface area contributed by atoms with Gasteiger partial charge in [0, 0.05) is 13.6 Å². The van der Waals surface area contributed by atoms with Crippen molar-refractivity contribution in [3.63, 3.8) is 0 Å². The molecule has 0 fully saturated rings. The van der Waals surface area contributed by atoms with Gasteiger partial charge in [-0.25, -0.2) is 4.79 Å². The Balaban J connectivity index is 2.10. The van der Waals surface area contributed by atoms with Crippen LogP contribution in [0, 0.1) is 0 Å². The number of anilines is 1. The SMILES string of the molecule is CN(Cc1ccccc1)C(=O)Nc1cc(C(F)(F)F)ccc1Cl. The van der Waals surface area contributed by atoms with Gasteiger partial charge in [0.25, 0.3) is 0 Å². The molecule has 0 radical (unpaired) electrons. The second-order valence-corrected chi connectivity index (χ2v) is 5.37. The normalized spacial score (nSPS) is 11.2. The summed E-state index contributed by atoms with van der Waals surface area (Å²) in [5, 5.41) is 2.44. The maximum absolute atomic E-state index is 12.7. The molecule has 3 nitrogen and oxygen atoms in total. The molecule has 122 valence electrons. The van der Waals surface area contributed by atoms with Gasteiger partial charge in [0.1, 0.15) is 0 Å². The van der Waals surface area contributed by atoms with Crippen molar-refractivity contribution in [2.75, 3.05) is 12.4 Å². The van der Waals surface area contributed by atoms with Gasteiger partial charge < -0.3 is 10.2 Å². The number of rotatable bonds is 3. The van der Waals surface area contributed by atoms with E-state index in [1.807, 2.05) is 30.3 Å². The van der Waals surface area contributed by atoms with Crippen LogP contribution in [-0.2, 0) is 12.7 Å². The molecule has 0 saturated heterocycles. The number of nitrogens with zero attached hydrogens (tertiary/aromatic N) is 1. The lowest BCUT2D eigenvalue weighted by atomic mass is 10.2. The van der Waals surface area contributed by atoms with Gasteiger partial charge in [0.05, 0.1) is 16.3 Å². The Kier molecular flexibility index (Phi) is 5.15. The molecule has 0 bridgehead atoms. The van der Waals surface area contributed by atoms with Crippen molar-refractivity contribution in [2.24, 2.45) is 0 Å². The summed E-state index contributed by atoms with van der Waals surface area (Å²) in [4.78, 5) is 13.5. The highest BCUT2D eigenvalue weighted by molar-refractivity contribution is 6.33. The monoisotopic (exact) mass is 342 g/mol. The fraction of sp³-hybridized carbons (Fsp3) is 0.188. The summed E-state index contributed by atoms with van der Waals surface area (Å²) in [5.41, 5.74) is -0.0467. The van der Waals surface area contributed by atoms with Crippen LogP contribution >= 0.6 is 11.6 Å². The highest BCUT2D eigenvalue weighted by Crippen LogP contribution is 2.33. The Labute approximate surface area is 136 Å². The lowest BCUT2D eigenvalue weighted by Crippen LogP contribution is -2.31. The van der Waals surface area contributed by atoms with Crippen molar-refractivity contribution in [1.29, 1.82) is 0 Å². The van der Waals surface area contributed by atoms with E-state index in [0.717, 1.165) is 23.8 Å². The summed E-state index contributed by atoms with van der Waals surface area (Å²) in [7, 11) is 1.55. The Bertz CT molecular complexity index is 689. The van der Waals surface area contributed by atoms with Crippen molar-refractivity contribution in [3.05, 3.63) is 64.7 Å². The summed E-state index contributed by atoms with van der Waals surface area (Å²) < 4.78 is 38.2. The molecule has 0 aliphatic heterocycles. The summed E-state index contributed by atoms with van der Waals surface area (Å²) in [6, 6.07) is 11.5. The van der Waals surface area contributed by atoms with Crippen LogP contribution in [-0.4, -0.2) is 18.0 Å². The molecule has 0 aliphatic rings. The fourth-order valence-corrected chi connectivity index (χ4v) is 2.10. The zero-order valence-corrected chi connectivity index (χ0v) is 12.9. The lowest BCUT2D eigenvalue weighted by Gasteiger charge is -2.19. The molecule has 0 saturated carbocycles. The molecule has 0 heterocycles. The number of alkyl halides is 3. The average Bonchev–Trinajstić information content (AvgIpc) is 2.49. The van der Waals surface area contributed by atoms with Gasteiger partial charge in [0.15, 0.2) is 0 Å². The topological polar surface area (TPSA) is 32.3 Å². The van der Waals surface area contributed by atoms with Gasteiger partial charge in [-0.05, 0) is 23.8 Å². The smallest absolute Gasteiger partial charge is 0.323 e. The van der Waals surface area contributed by atoms with Crippen molar-refractivity contribution < 1.29 is 18.0 Å². The molecule has 0 aliphatic carbocycles. The first kappa shape index (κ1) is 17.1. The van der Waals surface area contributed by atoms with E-state index in [-0.39, 0.29) is 10.7 Å². The molecule has 0 atom stereocenters. The van der Waals surface area contributed by atoms with Crippen molar-refractivity contribution in [3.8, 4) is 0 Å².